The predicted octanol–water partition coefficient (Wildman–Crippen LogP) is 4.80. The summed E-state index contributed by atoms with van der Waals surface area (Å²) >= 11 is 7.48. The predicted molar refractivity (Wildman–Crippen MR) is 104 cm³/mol. The molecule has 4 nitrogen and oxygen atoms in total. The van der Waals surface area contributed by atoms with Crippen LogP contribution in [0.3, 0.4) is 0 Å². The Morgan fingerprint density at radius 3 is 2.72 bits per heavy atom. The smallest absolute Gasteiger partial charge is 0.264 e. The van der Waals surface area contributed by atoms with E-state index in [1.54, 1.807) is 4.90 Å². The first-order valence-electron chi connectivity index (χ1n) is 8.17. The standard InChI is InChI=1S/C19H20ClN3OS/c1-5-15-21-12(3)16-11(2)17(25-18(16)22-15)19(24)23(4)10-13-7-6-8-14(20)9-13/h6-9H,5,10H2,1-4H3. The minimum Gasteiger partial charge on any atom is -0.337 e. The Morgan fingerprint density at radius 1 is 1.28 bits per heavy atom. The molecule has 0 aliphatic rings. The van der Waals surface area contributed by atoms with E-state index in [4.69, 9.17) is 11.6 Å². The number of carbonyl (C=O) groups is 1. The third-order valence-corrected chi connectivity index (χ3v) is 5.59. The number of thiophene rings is 1. The molecule has 0 unspecified atom stereocenters. The largest absolute Gasteiger partial charge is 0.337 e. The van der Waals surface area contributed by atoms with Crippen molar-refractivity contribution in [1.29, 1.82) is 0 Å². The van der Waals surface area contributed by atoms with Crippen molar-refractivity contribution in [3.63, 3.8) is 0 Å². The maximum Gasteiger partial charge on any atom is 0.264 e. The van der Waals surface area contributed by atoms with Crippen LogP contribution in [0, 0.1) is 13.8 Å². The van der Waals surface area contributed by atoms with Gasteiger partial charge in [-0.15, -0.1) is 11.3 Å². The van der Waals surface area contributed by atoms with Gasteiger partial charge in [0.1, 0.15) is 10.7 Å². The van der Waals surface area contributed by atoms with Crippen LogP contribution >= 0.6 is 22.9 Å². The normalized spacial score (nSPS) is 11.1. The van der Waals surface area contributed by atoms with Gasteiger partial charge in [-0.1, -0.05) is 30.7 Å². The Labute approximate surface area is 156 Å². The van der Waals surface area contributed by atoms with Crippen molar-refractivity contribution in [3.8, 4) is 0 Å². The van der Waals surface area contributed by atoms with E-state index in [0.717, 1.165) is 44.2 Å². The monoisotopic (exact) mass is 373 g/mol. The van der Waals surface area contributed by atoms with Gasteiger partial charge in [0.15, 0.2) is 0 Å². The minimum absolute atomic E-state index is 0.00192. The molecule has 0 fully saturated rings. The molecule has 25 heavy (non-hydrogen) atoms. The zero-order valence-electron chi connectivity index (χ0n) is 14.8. The molecule has 0 atom stereocenters. The number of hydrogen-bond acceptors (Lipinski definition) is 4. The highest BCUT2D eigenvalue weighted by atomic mass is 35.5. The van der Waals surface area contributed by atoms with Crippen LogP contribution in [-0.2, 0) is 13.0 Å². The molecular formula is C19H20ClN3OS. The fourth-order valence-electron chi connectivity index (χ4n) is 2.91. The summed E-state index contributed by atoms with van der Waals surface area (Å²) in [5, 5.41) is 1.68. The number of nitrogens with zero attached hydrogens (tertiary/aromatic N) is 3. The summed E-state index contributed by atoms with van der Waals surface area (Å²) in [5.41, 5.74) is 2.90. The highest BCUT2D eigenvalue weighted by Gasteiger charge is 2.21. The van der Waals surface area contributed by atoms with E-state index in [-0.39, 0.29) is 5.91 Å². The van der Waals surface area contributed by atoms with Crippen LogP contribution in [0.2, 0.25) is 5.02 Å². The quantitative estimate of drug-likeness (QED) is 0.660. The highest BCUT2D eigenvalue weighted by Crippen LogP contribution is 2.32. The molecule has 2 heterocycles. The van der Waals surface area contributed by atoms with Gasteiger partial charge in [0.2, 0.25) is 0 Å². The molecule has 0 aliphatic heterocycles. The molecule has 1 aromatic carbocycles. The molecule has 0 N–H and O–H groups in total. The second-order valence-electron chi connectivity index (χ2n) is 6.11. The number of carbonyl (C=O) groups excluding carboxylic acids is 1. The molecule has 3 rings (SSSR count). The van der Waals surface area contributed by atoms with Crippen LogP contribution in [0.25, 0.3) is 10.2 Å². The van der Waals surface area contributed by atoms with Crippen molar-refractivity contribution in [2.45, 2.75) is 33.7 Å². The van der Waals surface area contributed by atoms with Gasteiger partial charge in [-0.25, -0.2) is 9.97 Å². The summed E-state index contributed by atoms with van der Waals surface area (Å²) in [5.74, 6) is 0.815. The average molecular weight is 374 g/mol. The molecule has 0 saturated carbocycles. The maximum atomic E-state index is 12.9. The van der Waals surface area contributed by atoms with Gasteiger partial charge >= 0.3 is 0 Å². The second-order valence-corrected chi connectivity index (χ2v) is 7.54. The first kappa shape index (κ1) is 17.8. The summed E-state index contributed by atoms with van der Waals surface area (Å²) in [6.45, 7) is 6.50. The Morgan fingerprint density at radius 2 is 2.04 bits per heavy atom. The summed E-state index contributed by atoms with van der Waals surface area (Å²) in [4.78, 5) is 25.4. The molecule has 3 aromatic rings. The molecule has 0 aliphatic carbocycles. The lowest BCUT2D eigenvalue weighted by molar-refractivity contribution is 0.0789. The molecule has 0 radical (unpaired) electrons. The topological polar surface area (TPSA) is 46.1 Å². The fourth-order valence-corrected chi connectivity index (χ4v) is 4.37. The van der Waals surface area contributed by atoms with Crippen molar-refractivity contribution >= 4 is 39.1 Å². The van der Waals surface area contributed by atoms with E-state index >= 15 is 0 Å². The van der Waals surface area contributed by atoms with Crippen molar-refractivity contribution in [2.75, 3.05) is 7.05 Å². The Bertz CT molecular complexity index is 951. The summed E-state index contributed by atoms with van der Waals surface area (Å²) in [7, 11) is 1.81. The molecule has 1 amide bonds. The molecular weight excluding hydrogens is 354 g/mol. The van der Waals surface area contributed by atoms with Crippen LogP contribution in [0.1, 0.15) is 39.2 Å². The highest BCUT2D eigenvalue weighted by molar-refractivity contribution is 7.20. The van der Waals surface area contributed by atoms with Gasteiger partial charge in [0.05, 0.1) is 4.88 Å². The summed E-state index contributed by atoms with van der Waals surface area (Å²) < 4.78 is 0. The molecule has 2 aromatic heterocycles. The number of rotatable bonds is 4. The maximum absolute atomic E-state index is 12.9. The van der Waals surface area contributed by atoms with Crippen LogP contribution in [0.4, 0.5) is 0 Å². The lowest BCUT2D eigenvalue weighted by atomic mass is 10.1. The van der Waals surface area contributed by atoms with E-state index in [1.807, 2.05) is 52.1 Å². The van der Waals surface area contributed by atoms with Gasteiger partial charge in [0.25, 0.3) is 5.91 Å². The third kappa shape index (κ3) is 3.53. The zero-order valence-corrected chi connectivity index (χ0v) is 16.3. The van der Waals surface area contributed by atoms with Crippen molar-refractivity contribution < 1.29 is 4.79 Å². The van der Waals surface area contributed by atoms with Crippen LogP contribution < -0.4 is 0 Å². The van der Waals surface area contributed by atoms with Crippen molar-refractivity contribution in [2.24, 2.45) is 0 Å². The SMILES string of the molecule is CCc1nc(C)c2c(C)c(C(=O)N(C)Cc3cccc(Cl)c3)sc2n1. The van der Waals surface area contributed by atoms with Gasteiger partial charge < -0.3 is 4.90 Å². The Hall–Kier alpha value is -1.98. The van der Waals surface area contributed by atoms with Gasteiger partial charge in [-0.05, 0) is 37.1 Å². The van der Waals surface area contributed by atoms with Crippen LogP contribution in [-0.4, -0.2) is 27.8 Å². The van der Waals surface area contributed by atoms with E-state index < -0.39 is 0 Å². The number of benzene rings is 1. The van der Waals surface area contributed by atoms with E-state index in [9.17, 15) is 4.79 Å². The minimum atomic E-state index is -0.00192. The lowest BCUT2D eigenvalue weighted by Crippen LogP contribution is -2.25. The van der Waals surface area contributed by atoms with Gasteiger partial charge in [-0.2, -0.15) is 0 Å². The number of hydrogen-bond donors (Lipinski definition) is 0. The molecule has 0 bridgehead atoms. The van der Waals surface area contributed by atoms with Gasteiger partial charge in [-0.3, -0.25) is 4.79 Å². The van der Waals surface area contributed by atoms with Gasteiger partial charge in [0, 0.05) is 36.1 Å². The lowest BCUT2D eigenvalue weighted by Gasteiger charge is -2.17. The number of halogens is 1. The Balaban J connectivity index is 1.93. The zero-order chi connectivity index (χ0) is 18.1. The number of fused-ring (bicyclic) bond motifs is 1. The molecule has 0 spiro atoms. The number of amides is 1. The summed E-state index contributed by atoms with van der Waals surface area (Å²) in [6, 6.07) is 7.57. The van der Waals surface area contributed by atoms with Crippen molar-refractivity contribution in [1.82, 2.24) is 14.9 Å². The number of aryl methyl sites for hydroxylation is 3. The first-order valence-corrected chi connectivity index (χ1v) is 9.36. The molecule has 6 heteroatoms. The second kappa shape index (κ2) is 7.10. The number of aromatic nitrogens is 2. The van der Waals surface area contributed by atoms with E-state index in [2.05, 4.69) is 9.97 Å². The molecule has 130 valence electrons. The fraction of sp³-hybridized carbons (Fsp3) is 0.316. The van der Waals surface area contributed by atoms with Crippen LogP contribution in [0.15, 0.2) is 24.3 Å². The van der Waals surface area contributed by atoms with E-state index in [0.29, 0.717) is 11.6 Å². The average Bonchev–Trinajstić information content (AvgIpc) is 2.91. The third-order valence-electron chi connectivity index (χ3n) is 4.18. The summed E-state index contributed by atoms with van der Waals surface area (Å²) in [6.07, 6.45) is 0.783. The Kier molecular flexibility index (Phi) is 5.06. The van der Waals surface area contributed by atoms with E-state index in [1.165, 1.54) is 11.3 Å². The first-order chi connectivity index (χ1) is 11.9. The van der Waals surface area contributed by atoms with Crippen molar-refractivity contribution in [3.05, 3.63) is 56.8 Å². The van der Waals surface area contributed by atoms with Crippen LogP contribution in [0.5, 0.6) is 0 Å². The molecule has 0 saturated heterocycles.